The van der Waals surface area contributed by atoms with Gasteiger partial charge in [-0.3, -0.25) is 9.69 Å². The van der Waals surface area contributed by atoms with Gasteiger partial charge in [-0.1, -0.05) is 85.8 Å². The molecule has 0 bridgehead atoms. The molecule has 0 aliphatic carbocycles. The fraction of sp³-hybridized carbons (Fsp3) is 0.185. The Hall–Kier alpha value is -2.96. The van der Waals surface area contributed by atoms with Crippen LogP contribution in [0, 0.1) is 0 Å². The van der Waals surface area contributed by atoms with Gasteiger partial charge in [-0.25, -0.2) is 4.99 Å². The zero-order valence-electron chi connectivity index (χ0n) is 18.7. The normalized spacial score (nSPS) is 19.0. The summed E-state index contributed by atoms with van der Waals surface area (Å²) in [7, 11) is 2.03. The van der Waals surface area contributed by atoms with E-state index >= 15 is 0 Å². The molecule has 1 fully saturated rings. The van der Waals surface area contributed by atoms with Crippen LogP contribution in [0.15, 0.2) is 98.7 Å². The highest BCUT2D eigenvalue weighted by Crippen LogP contribution is 2.50. The summed E-state index contributed by atoms with van der Waals surface area (Å²) in [4.78, 5) is 24.6. The lowest BCUT2D eigenvalue weighted by molar-refractivity contribution is -0.122. The molecule has 3 aromatic rings. The molecule has 166 valence electrons. The fourth-order valence-electron chi connectivity index (χ4n) is 4.03. The number of anilines is 1. The summed E-state index contributed by atoms with van der Waals surface area (Å²) >= 11 is 3.14. The molecule has 4 nitrogen and oxygen atoms in total. The van der Waals surface area contributed by atoms with Gasteiger partial charge >= 0.3 is 0 Å². The number of amidine groups is 1. The third kappa shape index (κ3) is 4.33. The van der Waals surface area contributed by atoms with Crippen LogP contribution in [0.3, 0.4) is 0 Å². The number of rotatable bonds is 5. The van der Waals surface area contributed by atoms with Gasteiger partial charge in [-0.05, 0) is 47.5 Å². The van der Waals surface area contributed by atoms with Crippen LogP contribution >= 0.6 is 23.5 Å². The van der Waals surface area contributed by atoms with E-state index in [-0.39, 0.29) is 5.91 Å². The third-order valence-electron chi connectivity index (χ3n) is 5.71. The Balaban J connectivity index is 1.57. The van der Waals surface area contributed by atoms with Crippen molar-refractivity contribution in [3.63, 3.8) is 0 Å². The number of aryl methyl sites for hydroxylation is 1. The number of fused-ring (bicyclic) bond motifs is 1. The number of aliphatic imine (C=N–C) groups is 1. The van der Waals surface area contributed by atoms with E-state index in [1.54, 1.807) is 11.8 Å². The van der Waals surface area contributed by atoms with E-state index in [4.69, 9.17) is 4.99 Å². The standard InChI is InChI=1S/C27H25N3OS2/c1-3-11-20-14-7-8-15-21(20)28-27-30(18-19-12-5-4-6-13-19)25(31)24(33-27)26-29(2)22-16-9-10-17-23(22)32-26/h4-10,12-17H,3,11,18H2,1-2H3/b26-24-,28-27?. The fourth-order valence-corrected chi connectivity index (χ4v) is 6.36. The first-order valence-electron chi connectivity index (χ1n) is 11.1. The van der Waals surface area contributed by atoms with Gasteiger partial charge in [0.2, 0.25) is 0 Å². The average molecular weight is 472 g/mol. The second-order valence-corrected chi connectivity index (χ2v) is 10.0. The highest BCUT2D eigenvalue weighted by molar-refractivity contribution is 8.19. The van der Waals surface area contributed by atoms with E-state index in [9.17, 15) is 4.79 Å². The number of para-hydroxylation sites is 2. The summed E-state index contributed by atoms with van der Waals surface area (Å²) in [5, 5.41) is 1.70. The molecule has 2 heterocycles. The molecule has 1 saturated heterocycles. The molecule has 0 spiro atoms. The number of carbonyl (C=O) groups excluding carboxylic acids is 1. The van der Waals surface area contributed by atoms with Crippen molar-refractivity contribution >= 4 is 46.0 Å². The minimum absolute atomic E-state index is 0.0118. The number of hydrogen-bond donors (Lipinski definition) is 0. The SMILES string of the molecule is CCCc1ccccc1N=C1S/C(=C2\Sc3ccccc3N2C)C(=O)N1Cc1ccccc1. The maximum absolute atomic E-state index is 13.7. The first-order chi connectivity index (χ1) is 16.2. The number of hydrogen-bond acceptors (Lipinski definition) is 5. The maximum Gasteiger partial charge on any atom is 0.269 e. The molecule has 0 atom stereocenters. The van der Waals surface area contributed by atoms with Gasteiger partial charge < -0.3 is 4.90 Å². The molecule has 33 heavy (non-hydrogen) atoms. The van der Waals surface area contributed by atoms with E-state index in [0.717, 1.165) is 44.9 Å². The van der Waals surface area contributed by atoms with Crippen LogP contribution in [-0.2, 0) is 17.8 Å². The van der Waals surface area contributed by atoms with Gasteiger partial charge in [0.25, 0.3) is 5.91 Å². The van der Waals surface area contributed by atoms with Crippen molar-refractivity contribution in [2.45, 2.75) is 31.2 Å². The first-order valence-corrected chi connectivity index (χ1v) is 12.7. The highest BCUT2D eigenvalue weighted by Gasteiger charge is 2.39. The second-order valence-electron chi connectivity index (χ2n) is 8.02. The number of thioether (sulfide) groups is 2. The van der Waals surface area contributed by atoms with Crippen molar-refractivity contribution in [1.82, 2.24) is 4.90 Å². The predicted molar refractivity (Wildman–Crippen MR) is 140 cm³/mol. The van der Waals surface area contributed by atoms with Crippen LogP contribution in [0.1, 0.15) is 24.5 Å². The van der Waals surface area contributed by atoms with Crippen molar-refractivity contribution in [3.8, 4) is 0 Å². The average Bonchev–Trinajstić information content (AvgIpc) is 3.33. The summed E-state index contributed by atoms with van der Waals surface area (Å²) in [6.07, 6.45) is 2.02. The Kier molecular flexibility index (Phi) is 6.29. The molecule has 0 N–H and O–H groups in total. The molecular formula is C27H25N3OS2. The van der Waals surface area contributed by atoms with E-state index in [0.29, 0.717) is 6.54 Å². The Morgan fingerprint density at radius 3 is 2.39 bits per heavy atom. The zero-order valence-corrected chi connectivity index (χ0v) is 20.3. The molecule has 5 rings (SSSR count). The topological polar surface area (TPSA) is 35.9 Å². The van der Waals surface area contributed by atoms with Crippen molar-refractivity contribution in [2.75, 3.05) is 11.9 Å². The zero-order chi connectivity index (χ0) is 22.8. The second kappa shape index (κ2) is 9.49. The Morgan fingerprint density at radius 2 is 1.61 bits per heavy atom. The quantitative estimate of drug-likeness (QED) is 0.383. The van der Waals surface area contributed by atoms with Gasteiger partial charge in [0, 0.05) is 11.9 Å². The first kappa shape index (κ1) is 21.9. The summed E-state index contributed by atoms with van der Waals surface area (Å²) in [6.45, 7) is 2.67. The molecule has 0 aromatic heterocycles. The lowest BCUT2D eigenvalue weighted by Gasteiger charge is -2.17. The van der Waals surface area contributed by atoms with Crippen molar-refractivity contribution in [2.24, 2.45) is 4.99 Å². The van der Waals surface area contributed by atoms with Gasteiger partial charge in [0.05, 0.1) is 22.9 Å². The van der Waals surface area contributed by atoms with E-state index in [1.807, 2.05) is 54.4 Å². The van der Waals surface area contributed by atoms with Crippen LogP contribution in [-0.4, -0.2) is 23.0 Å². The van der Waals surface area contributed by atoms with Crippen LogP contribution in [0.25, 0.3) is 0 Å². The minimum atomic E-state index is 0.0118. The van der Waals surface area contributed by atoms with Gasteiger partial charge in [-0.15, -0.1) is 0 Å². The van der Waals surface area contributed by atoms with Crippen molar-refractivity contribution in [1.29, 1.82) is 0 Å². The number of carbonyl (C=O) groups is 1. The molecule has 0 unspecified atom stereocenters. The van der Waals surface area contributed by atoms with Crippen LogP contribution in [0.4, 0.5) is 11.4 Å². The van der Waals surface area contributed by atoms with Crippen LogP contribution in [0.5, 0.6) is 0 Å². The Bertz CT molecular complexity index is 1250. The third-order valence-corrected chi connectivity index (χ3v) is 8.14. The van der Waals surface area contributed by atoms with Crippen LogP contribution in [0.2, 0.25) is 0 Å². The highest BCUT2D eigenvalue weighted by atomic mass is 32.2. The molecule has 2 aliphatic heterocycles. The van der Waals surface area contributed by atoms with Gasteiger partial charge in [0.1, 0.15) is 4.91 Å². The van der Waals surface area contributed by atoms with E-state index < -0.39 is 0 Å². The lowest BCUT2D eigenvalue weighted by atomic mass is 10.1. The number of amides is 1. The molecule has 0 saturated carbocycles. The van der Waals surface area contributed by atoms with Crippen molar-refractivity contribution in [3.05, 3.63) is 99.9 Å². The van der Waals surface area contributed by atoms with E-state index in [2.05, 4.69) is 48.2 Å². The lowest BCUT2D eigenvalue weighted by Crippen LogP contribution is -2.29. The molecule has 0 radical (unpaired) electrons. The summed E-state index contributed by atoms with van der Waals surface area (Å²) in [5.74, 6) is 0.0118. The monoisotopic (exact) mass is 471 g/mol. The molecule has 2 aliphatic rings. The van der Waals surface area contributed by atoms with Crippen LogP contribution < -0.4 is 4.90 Å². The van der Waals surface area contributed by atoms with Gasteiger partial charge in [-0.2, -0.15) is 0 Å². The smallest absolute Gasteiger partial charge is 0.269 e. The molecule has 6 heteroatoms. The number of nitrogens with zero attached hydrogens (tertiary/aromatic N) is 3. The largest absolute Gasteiger partial charge is 0.337 e. The van der Waals surface area contributed by atoms with Crippen molar-refractivity contribution < 1.29 is 4.79 Å². The summed E-state index contributed by atoms with van der Waals surface area (Å²) < 4.78 is 0. The minimum Gasteiger partial charge on any atom is -0.337 e. The predicted octanol–water partition coefficient (Wildman–Crippen LogP) is 6.81. The Labute approximate surface area is 203 Å². The molecule has 1 amide bonds. The summed E-state index contributed by atoms with van der Waals surface area (Å²) in [5.41, 5.74) is 4.37. The Morgan fingerprint density at radius 1 is 0.879 bits per heavy atom. The van der Waals surface area contributed by atoms with E-state index in [1.165, 1.54) is 22.2 Å². The number of benzene rings is 3. The van der Waals surface area contributed by atoms with Gasteiger partial charge in [0.15, 0.2) is 5.17 Å². The maximum atomic E-state index is 13.7. The molecule has 3 aromatic carbocycles. The molecular weight excluding hydrogens is 446 g/mol. The summed E-state index contributed by atoms with van der Waals surface area (Å²) in [6, 6.07) is 26.6.